The largest absolute Gasteiger partial charge is 0.358 e. The Labute approximate surface area is 199 Å². The maximum atomic E-state index is 14.0. The maximum Gasteiger partial charge on any atom is 0.185 e. The molecule has 164 valence electrons. The molecule has 5 nitrogen and oxygen atoms in total. The number of allylic oxidation sites excluding steroid dienone is 3. The normalized spacial score (nSPS) is 24.7. The fourth-order valence-electron chi connectivity index (χ4n) is 5.53. The van der Waals surface area contributed by atoms with Gasteiger partial charge in [0, 0.05) is 23.6 Å². The summed E-state index contributed by atoms with van der Waals surface area (Å²) in [6, 6.07) is 24.8. The Morgan fingerprint density at radius 3 is 2.15 bits per heavy atom. The van der Waals surface area contributed by atoms with E-state index in [1.807, 2.05) is 71.6 Å². The van der Waals surface area contributed by atoms with Crippen LogP contribution >= 0.6 is 0 Å². The number of nitrogens with zero attached hydrogens (tertiary/aromatic N) is 4. The summed E-state index contributed by atoms with van der Waals surface area (Å²) < 4.78 is 0. The van der Waals surface area contributed by atoms with Crippen molar-refractivity contribution in [2.45, 2.75) is 30.8 Å². The molecular weight excluding hydrogens is 420 g/mol. The monoisotopic (exact) mass is 442 g/mol. The summed E-state index contributed by atoms with van der Waals surface area (Å²) in [4.78, 5) is 16.0. The zero-order valence-electron chi connectivity index (χ0n) is 18.5. The lowest BCUT2D eigenvalue weighted by atomic mass is 9.73. The van der Waals surface area contributed by atoms with Crippen molar-refractivity contribution in [1.82, 2.24) is 4.90 Å². The van der Waals surface area contributed by atoms with E-state index in [1.165, 1.54) is 0 Å². The number of benzene rings is 2. The van der Waals surface area contributed by atoms with Crippen LogP contribution in [0, 0.1) is 45.8 Å². The molecule has 4 atom stereocenters. The van der Waals surface area contributed by atoms with E-state index in [-0.39, 0.29) is 35.2 Å². The number of fused-ring (bicyclic) bond motifs is 1. The van der Waals surface area contributed by atoms with Crippen molar-refractivity contribution < 1.29 is 4.79 Å². The standard InChI is InChI=1S/C29H22N4O/c30-15-19-11-14-24-27(25(21-12-13-21)23(16-31)17-32)26(20-7-3-1-4-8-20)28(33(24)18-19)29(34)22-9-5-2-6-10-22/h1-11,14,18,21,24,26-28H,12-13H2/t24-,26-,27-,28-/m1/s1. The molecule has 5 rings (SSSR count). The highest BCUT2D eigenvalue weighted by Gasteiger charge is 2.55. The van der Waals surface area contributed by atoms with E-state index in [9.17, 15) is 20.6 Å². The van der Waals surface area contributed by atoms with Gasteiger partial charge in [0.1, 0.15) is 23.8 Å². The predicted molar refractivity (Wildman–Crippen MR) is 127 cm³/mol. The molecule has 1 saturated heterocycles. The molecule has 2 aromatic carbocycles. The van der Waals surface area contributed by atoms with E-state index < -0.39 is 6.04 Å². The first-order chi connectivity index (χ1) is 16.7. The summed E-state index contributed by atoms with van der Waals surface area (Å²) in [7, 11) is 0. The van der Waals surface area contributed by atoms with Crippen molar-refractivity contribution in [2.75, 3.05) is 0 Å². The van der Waals surface area contributed by atoms with Gasteiger partial charge in [0.25, 0.3) is 0 Å². The second-order valence-electron chi connectivity index (χ2n) is 8.96. The van der Waals surface area contributed by atoms with Crippen LogP contribution in [0.1, 0.15) is 34.7 Å². The Morgan fingerprint density at radius 1 is 0.912 bits per heavy atom. The smallest absolute Gasteiger partial charge is 0.185 e. The van der Waals surface area contributed by atoms with E-state index in [2.05, 4.69) is 18.2 Å². The van der Waals surface area contributed by atoms with Crippen LogP contribution in [-0.4, -0.2) is 22.8 Å². The summed E-state index contributed by atoms with van der Waals surface area (Å²) >= 11 is 0. The number of hydrogen-bond donors (Lipinski definition) is 0. The first-order valence-corrected chi connectivity index (χ1v) is 11.4. The van der Waals surface area contributed by atoms with Gasteiger partial charge in [-0.25, -0.2) is 0 Å². The van der Waals surface area contributed by atoms with Crippen molar-refractivity contribution in [3.63, 3.8) is 0 Å². The second-order valence-corrected chi connectivity index (χ2v) is 8.96. The van der Waals surface area contributed by atoms with Crippen LogP contribution in [0.2, 0.25) is 0 Å². The molecule has 0 unspecified atom stereocenters. The number of nitriles is 3. The molecule has 0 bridgehead atoms. The molecule has 0 aromatic heterocycles. The van der Waals surface area contributed by atoms with Crippen molar-refractivity contribution in [3.8, 4) is 18.2 Å². The van der Waals surface area contributed by atoms with Gasteiger partial charge in [-0.1, -0.05) is 66.7 Å². The molecule has 2 aliphatic heterocycles. The fraction of sp³-hybridized carbons (Fsp3) is 0.241. The topological polar surface area (TPSA) is 91.7 Å². The van der Waals surface area contributed by atoms with Gasteiger partial charge in [-0.05, 0) is 36.0 Å². The maximum absolute atomic E-state index is 14.0. The van der Waals surface area contributed by atoms with Gasteiger partial charge in [0.2, 0.25) is 0 Å². The zero-order chi connectivity index (χ0) is 23.7. The molecule has 2 heterocycles. The SMILES string of the molecule is N#CC1=CN2[C@H](C=C1)[C@H](C(=C(C#N)C#N)C1CC1)[C@@H](c1ccccc1)[C@@H]2C(=O)c1ccccc1. The lowest BCUT2D eigenvalue weighted by Crippen LogP contribution is -2.39. The number of ketones is 1. The van der Waals surface area contributed by atoms with Crippen LogP contribution in [-0.2, 0) is 0 Å². The minimum Gasteiger partial charge on any atom is -0.358 e. The molecule has 5 heteroatoms. The molecule has 34 heavy (non-hydrogen) atoms. The van der Waals surface area contributed by atoms with Gasteiger partial charge >= 0.3 is 0 Å². The van der Waals surface area contributed by atoms with E-state index in [4.69, 9.17) is 0 Å². The highest BCUT2D eigenvalue weighted by molar-refractivity contribution is 6.01. The van der Waals surface area contributed by atoms with Crippen LogP contribution in [0.3, 0.4) is 0 Å². The Morgan fingerprint density at radius 2 is 1.56 bits per heavy atom. The minimum absolute atomic E-state index is 0.0311. The van der Waals surface area contributed by atoms with Crippen molar-refractivity contribution in [1.29, 1.82) is 15.8 Å². The number of hydrogen-bond acceptors (Lipinski definition) is 5. The van der Waals surface area contributed by atoms with E-state index in [0.29, 0.717) is 11.1 Å². The molecule has 1 saturated carbocycles. The molecule has 0 spiro atoms. The van der Waals surface area contributed by atoms with Gasteiger partial charge in [0.15, 0.2) is 5.78 Å². The van der Waals surface area contributed by atoms with Crippen molar-refractivity contribution in [3.05, 3.63) is 107 Å². The van der Waals surface area contributed by atoms with Gasteiger partial charge in [-0.15, -0.1) is 0 Å². The summed E-state index contributed by atoms with van der Waals surface area (Å²) in [5.74, 6) is -0.358. The van der Waals surface area contributed by atoms with E-state index in [0.717, 1.165) is 24.0 Å². The first-order valence-electron chi connectivity index (χ1n) is 11.4. The Bertz CT molecular complexity index is 1310. The number of rotatable bonds is 5. The summed E-state index contributed by atoms with van der Waals surface area (Å²) in [5, 5.41) is 29.3. The fourth-order valence-corrected chi connectivity index (χ4v) is 5.53. The number of carbonyl (C=O) groups is 1. The van der Waals surface area contributed by atoms with E-state index >= 15 is 0 Å². The van der Waals surface area contributed by atoms with Gasteiger partial charge < -0.3 is 4.90 Å². The lowest BCUT2D eigenvalue weighted by Gasteiger charge is -2.31. The van der Waals surface area contributed by atoms with Gasteiger partial charge in [-0.2, -0.15) is 15.8 Å². The molecule has 2 aromatic rings. The average molecular weight is 443 g/mol. The van der Waals surface area contributed by atoms with E-state index in [1.54, 1.807) is 12.3 Å². The number of carbonyl (C=O) groups excluding carboxylic acids is 1. The van der Waals surface area contributed by atoms with Crippen LogP contribution in [0.25, 0.3) is 0 Å². The van der Waals surface area contributed by atoms with Crippen molar-refractivity contribution in [2.24, 2.45) is 11.8 Å². The summed E-state index contributed by atoms with van der Waals surface area (Å²) in [6.45, 7) is 0. The molecular formula is C29H22N4O. The molecule has 3 aliphatic rings. The van der Waals surface area contributed by atoms with Crippen molar-refractivity contribution >= 4 is 5.78 Å². The molecule has 1 aliphatic carbocycles. The Kier molecular flexibility index (Phi) is 5.59. The zero-order valence-corrected chi connectivity index (χ0v) is 18.5. The minimum atomic E-state index is -0.569. The molecule has 0 amide bonds. The second kappa shape index (κ2) is 8.86. The van der Waals surface area contributed by atoms with Gasteiger partial charge in [0.05, 0.1) is 17.7 Å². The van der Waals surface area contributed by atoms with Crippen LogP contribution in [0.5, 0.6) is 0 Å². The third-order valence-electron chi connectivity index (χ3n) is 7.05. The third-order valence-corrected chi connectivity index (χ3v) is 7.05. The van der Waals surface area contributed by atoms with Crippen LogP contribution < -0.4 is 0 Å². The highest BCUT2D eigenvalue weighted by Crippen LogP contribution is 2.54. The van der Waals surface area contributed by atoms with Gasteiger partial charge in [-0.3, -0.25) is 4.79 Å². The van der Waals surface area contributed by atoms with Crippen LogP contribution in [0.4, 0.5) is 0 Å². The quantitative estimate of drug-likeness (QED) is 0.477. The highest BCUT2D eigenvalue weighted by atomic mass is 16.1. The predicted octanol–water partition coefficient (Wildman–Crippen LogP) is 5.05. The first kappa shape index (κ1) is 21.4. The summed E-state index contributed by atoms with van der Waals surface area (Å²) in [6.07, 6.45) is 7.40. The average Bonchev–Trinajstić information content (AvgIpc) is 3.68. The third kappa shape index (κ3) is 3.61. The Hall–Kier alpha value is -4.40. The number of Topliss-reactive ketones (excluding diaryl/α,β-unsaturated/α-hetero) is 1. The molecule has 2 fully saturated rings. The van der Waals surface area contributed by atoms with Crippen LogP contribution in [0.15, 0.2) is 95.7 Å². The summed E-state index contributed by atoms with van der Waals surface area (Å²) in [5.41, 5.74) is 3.09. The lowest BCUT2D eigenvalue weighted by molar-refractivity contribution is 0.0881. The Balaban J connectivity index is 1.75. The molecule has 0 radical (unpaired) electrons. The molecule has 0 N–H and O–H groups in total.